The van der Waals surface area contributed by atoms with Crippen molar-refractivity contribution >= 4 is 5.97 Å². The molecule has 2 rings (SSSR count). The first-order chi connectivity index (χ1) is 6.68. The summed E-state index contributed by atoms with van der Waals surface area (Å²) < 4.78 is 13.2. The van der Waals surface area contributed by atoms with E-state index in [1.807, 2.05) is 0 Å². The Bertz CT molecular complexity index is 378. The molecule has 1 heterocycles. The molecule has 0 fully saturated rings. The summed E-state index contributed by atoms with van der Waals surface area (Å²) in [6.45, 7) is 0.291. The van der Waals surface area contributed by atoms with Gasteiger partial charge < -0.3 is 5.11 Å². The highest BCUT2D eigenvalue weighted by Crippen LogP contribution is 2.19. The third-order valence-corrected chi connectivity index (χ3v) is 2.46. The Balaban J connectivity index is 2.31. The zero-order chi connectivity index (χ0) is 10.1. The Kier molecular flexibility index (Phi) is 2.21. The maximum absolute atomic E-state index is 13.2. The molecule has 0 saturated carbocycles. The van der Waals surface area contributed by atoms with Crippen LogP contribution in [0.3, 0.4) is 0 Å². The Labute approximate surface area is 80.6 Å². The SMILES string of the molecule is O=C(O)[C@@H]1Cc2cccc(F)c2CN1. The number of rotatable bonds is 1. The van der Waals surface area contributed by atoms with Crippen molar-refractivity contribution in [3.05, 3.63) is 35.1 Å². The fourth-order valence-electron chi connectivity index (χ4n) is 1.68. The molecule has 0 aliphatic carbocycles. The van der Waals surface area contributed by atoms with Gasteiger partial charge in [0.05, 0.1) is 0 Å². The van der Waals surface area contributed by atoms with Crippen LogP contribution < -0.4 is 5.32 Å². The highest BCUT2D eigenvalue weighted by Gasteiger charge is 2.24. The van der Waals surface area contributed by atoms with Gasteiger partial charge in [0, 0.05) is 12.1 Å². The molecule has 74 valence electrons. The van der Waals surface area contributed by atoms with Gasteiger partial charge in [-0.25, -0.2) is 4.39 Å². The molecule has 0 spiro atoms. The number of benzene rings is 1. The van der Waals surface area contributed by atoms with Crippen molar-refractivity contribution in [1.82, 2.24) is 5.32 Å². The van der Waals surface area contributed by atoms with Crippen LogP contribution in [0.15, 0.2) is 18.2 Å². The minimum Gasteiger partial charge on any atom is -0.480 e. The number of carbonyl (C=O) groups is 1. The topological polar surface area (TPSA) is 49.3 Å². The lowest BCUT2D eigenvalue weighted by molar-refractivity contribution is -0.139. The molecule has 4 heteroatoms. The molecule has 1 aromatic carbocycles. The zero-order valence-electron chi connectivity index (χ0n) is 7.46. The summed E-state index contributed by atoms with van der Waals surface area (Å²) in [5.41, 5.74) is 1.38. The lowest BCUT2D eigenvalue weighted by Gasteiger charge is -2.23. The van der Waals surface area contributed by atoms with Crippen LogP contribution in [-0.4, -0.2) is 17.1 Å². The second kappa shape index (κ2) is 3.38. The number of carboxylic acid groups (broad SMARTS) is 1. The van der Waals surface area contributed by atoms with Gasteiger partial charge in [0.1, 0.15) is 11.9 Å². The predicted octanol–water partition coefficient (Wildman–Crippen LogP) is 0.925. The van der Waals surface area contributed by atoms with Gasteiger partial charge in [-0.2, -0.15) is 0 Å². The van der Waals surface area contributed by atoms with E-state index >= 15 is 0 Å². The number of carboxylic acids is 1. The van der Waals surface area contributed by atoms with Crippen molar-refractivity contribution in [2.75, 3.05) is 0 Å². The summed E-state index contributed by atoms with van der Waals surface area (Å²) in [7, 11) is 0. The summed E-state index contributed by atoms with van der Waals surface area (Å²) in [4.78, 5) is 10.7. The van der Waals surface area contributed by atoms with E-state index in [1.165, 1.54) is 6.07 Å². The van der Waals surface area contributed by atoms with E-state index in [4.69, 9.17) is 5.11 Å². The van der Waals surface area contributed by atoms with E-state index in [-0.39, 0.29) is 5.82 Å². The van der Waals surface area contributed by atoms with Gasteiger partial charge in [-0.1, -0.05) is 12.1 Å². The number of halogens is 1. The predicted molar refractivity (Wildman–Crippen MR) is 48.4 cm³/mol. The molecule has 1 aliphatic heterocycles. The molecule has 1 atom stereocenters. The van der Waals surface area contributed by atoms with Crippen molar-refractivity contribution in [3.63, 3.8) is 0 Å². The van der Waals surface area contributed by atoms with Gasteiger partial charge in [0.2, 0.25) is 0 Å². The van der Waals surface area contributed by atoms with Crippen molar-refractivity contribution in [2.24, 2.45) is 0 Å². The first-order valence-electron chi connectivity index (χ1n) is 4.41. The minimum absolute atomic E-state index is 0.265. The van der Waals surface area contributed by atoms with Crippen LogP contribution in [0.2, 0.25) is 0 Å². The Morgan fingerprint density at radius 3 is 3.07 bits per heavy atom. The van der Waals surface area contributed by atoms with Crippen LogP contribution in [0.5, 0.6) is 0 Å². The number of nitrogens with one attached hydrogen (secondary N) is 1. The summed E-state index contributed by atoms with van der Waals surface area (Å²) in [6, 6.07) is 4.18. The quantitative estimate of drug-likeness (QED) is 0.700. The van der Waals surface area contributed by atoms with Crippen LogP contribution in [-0.2, 0) is 17.8 Å². The average molecular weight is 195 g/mol. The molecule has 3 nitrogen and oxygen atoms in total. The monoisotopic (exact) mass is 195 g/mol. The molecule has 14 heavy (non-hydrogen) atoms. The third kappa shape index (κ3) is 1.48. The molecule has 0 saturated heterocycles. The van der Waals surface area contributed by atoms with Crippen LogP contribution in [0, 0.1) is 5.82 Å². The molecular formula is C10H10FNO2. The number of hydrogen-bond acceptors (Lipinski definition) is 2. The van der Waals surface area contributed by atoms with Crippen molar-refractivity contribution in [1.29, 1.82) is 0 Å². The first-order valence-corrected chi connectivity index (χ1v) is 4.41. The second-order valence-electron chi connectivity index (χ2n) is 3.35. The number of fused-ring (bicyclic) bond motifs is 1. The summed E-state index contributed by atoms with van der Waals surface area (Å²) in [6.07, 6.45) is 0.350. The average Bonchev–Trinajstić information content (AvgIpc) is 2.17. The van der Waals surface area contributed by atoms with Crippen LogP contribution in [0.4, 0.5) is 4.39 Å². The summed E-state index contributed by atoms with van der Waals surface area (Å²) in [5, 5.41) is 11.6. The summed E-state index contributed by atoms with van der Waals surface area (Å²) >= 11 is 0. The van der Waals surface area contributed by atoms with Crippen LogP contribution in [0.1, 0.15) is 11.1 Å². The van der Waals surface area contributed by atoms with E-state index in [9.17, 15) is 9.18 Å². The maximum Gasteiger partial charge on any atom is 0.321 e. The van der Waals surface area contributed by atoms with Gasteiger partial charge >= 0.3 is 5.97 Å². The molecular weight excluding hydrogens is 185 g/mol. The maximum atomic E-state index is 13.2. The largest absolute Gasteiger partial charge is 0.480 e. The third-order valence-electron chi connectivity index (χ3n) is 2.46. The smallest absolute Gasteiger partial charge is 0.321 e. The molecule has 0 radical (unpaired) electrons. The highest BCUT2D eigenvalue weighted by molar-refractivity contribution is 5.74. The van der Waals surface area contributed by atoms with E-state index in [0.29, 0.717) is 18.5 Å². The second-order valence-corrected chi connectivity index (χ2v) is 3.35. The molecule has 1 aromatic rings. The first kappa shape index (κ1) is 9.15. The zero-order valence-corrected chi connectivity index (χ0v) is 7.46. The van der Waals surface area contributed by atoms with E-state index in [0.717, 1.165) is 5.56 Å². The standard InChI is InChI=1S/C10H10FNO2/c11-8-3-1-2-6-4-9(10(13)14)12-5-7(6)8/h1-3,9,12H,4-5H2,(H,13,14)/t9-/m0/s1. The number of hydrogen-bond donors (Lipinski definition) is 2. The molecule has 0 amide bonds. The minimum atomic E-state index is -0.889. The van der Waals surface area contributed by atoms with E-state index in [1.54, 1.807) is 12.1 Å². The molecule has 1 aliphatic rings. The molecule has 2 N–H and O–H groups in total. The van der Waals surface area contributed by atoms with Gasteiger partial charge in [-0.15, -0.1) is 0 Å². The van der Waals surface area contributed by atoms with Crippen molar-refractivity contribution < 1.29 is 14.3 Å². The van der Waals surface area contributed by atoms with Crippen molar-refractivity contribution in [3.8, 4) is 0 Å². The van der Waals surface area contributed by atoms with Crippen molar-refractivity contribution in [2.45, 2.75) is 19.0 Å². The van der Waals surface area contributed by atoms with Gasteiger partial charge in [-0.05, 0) is 18.1 Å². The van der Waals surface area contributed by atoms with E-state index < -0.39 is 12.0 Å². The lowest BCUT2D eigenvalue weighted by Crippen LogP contribution is -2.41. The molecule has 0 aromatic heterocycles. The molecule has 0 bridgehead atoms. The van der Waals surface area contributed by atoms with Crippen LogP contribution in [0.25, 0.3) is 0 Å². The highest BCUT2D eigenvalue weighted by atomic mass is 19.1. The Hall–Kier alpha value is -1.42. The van der Waals surface area contributed by atoms with Crippen LogP contribution >= 0.6 is 0 Å². The van der Waals surface area contributed by atoms with E-state index in [2.05, 4.69) is 5.32 Å². The number of aliphatic carboxylic acids is 1. The fourth-order valence-corrected chi connectivity index (χ4v) is 1.68. The Morgan fingerprint density at radius 2 is 2.36 bits per heavy atom. The molecule has 0 unspecified atom stereocenters. The lowest BCUT2D eigenvalue weighted by atomic mass is 9.95. The Morgan fingerprint density at radius 1 is 1.57 bits per heavy atom. The normalized spacial score (nSPS) is 20.2. The fraction of sp³-hybridized carbons (Fsp3) is 0.300. The van der Waals surface area contributed by atoms with Gasteiger partial charge in [0.25, 0.3) is 0 Å². The summed E-state index contributed by atoms with van der Waals surface area (Å²) in [5.74, 6) is -1.15. The van der Waals surface area contributed by atoms with Gasteiger partial charge in [-0.3, -0.25) is 10.1 Å². The van der Waals surface area contributed by atoms with Gasteiger partial charge in [0.15, 0.2) is 0 Å².